The second-order valence-corrected chi connectivity index (χ2v) is 6.14. The molecule has 1 saturated heterocycles. The third-order valence-electron chi connectivity index (χ3n) is 4.50. The topological polar surface area (TPSA) is 56.7 Å². The van der Waals surface area contributed by atoms with Crippen molar-refractivity contribution < 1.29 is 14.2 Å². The molecule has 2 heterocycles. The van der Waals surface area contributed by atoms with Crippen molar-refractivity contribution >= 4 is 16.6 Å². The van der Waals surface area contributed by atoms with Crippen LogP contribution in [0.1, 0.15) is 5.56 Å². The van der Waals surface area contributed by atoms with E-state index in [9.17, 15) is 0 Å². The van der Waals surface area contributed by atoms with Crippen molar-refractivity contribution in [2.24, 2.45) is 0 Å². The zero-order valence-electron chi connectivity index (χ0n) is 14.7. The highest BCUT2D eigenvalue weighted by atomic mass is 16.5. The second-order valence-electron chi connectivity index (χ2n) is 6.14. The van der Waals surface area contributed by atoms with E-state index in [4.69, 9.17) is 14.2 Å². The fraction of sp³-hybridized carbons (Fsp3) is 0.300. The average Bonchev–Trinajstić information content (AvgIpc) is 2.73. The van der Waals surface area contributed by atoms with E-state index in [-0.39, 0.29) is 0 Å². The van der Waals surface area contributed by atoms with E-state index < -0.39 is 0 Å². The minimum absolute atomic E-state index is 0.473. The van der Waals surface area contributed by atoms with Crippen molar-refractivity contribution in [1.82, 2.24) is 9.97 Å². The van der Waals surface area contributed by atoms with E-state index in [1.807, 2.05) is 24.3 Å². The summed E-state index contributed by atoms with van der Waals surface area (Å²) >= 11 is 0. The van der Waals surface area contributed by atoms with Crippen LogP contribution in [0.4, 0.5) is 5.69 Å². The third-order valence-corrected chi connectivity index (χ3v) is 4.50. The number of rotatable bonds is 5. The molecule has 0 spiro atoms. The van der Waals surface area contributed by atoms with Crippen molar-refractivity contribution in [3.05, 3.63) is 54.5 Å². The Bertz CT molecular complexity index is 877. The summed E-state index contributed by atoms with van der Waals surface area (Å²) in [5.41, 5.74) is 3.06. The molecule has 6 heteroatoms. The summed E-state index contributed by atoms with van der Waals surface area (Å²) < 4.78 is 16.8. The largest absolute Gasteiger partial charge is 0.497 e. The number of hydrogen-bond donors (Lipinski definition) is 0. The Hall–Kier alpha value is -2.86. The molecule has 0 unspecified atom stereocenters. The van der Waals surface area contributed by atoms with Crippen LogP contribution < -0.4 is 14.4 Å². The number of ether oxygens (including phenoxy) is 3. The first-order valence-electron chi connectivity index (χ1n) is 8.66. The molecule has 0 bridgehead atoms. The van der Waals surface area contributed by atoms with Crippen molar-refractivity contribution in [3.8, 4) is 11.5 Å². The number of nitrogens with zero attached hydrogens (tertiary/aromatic N) is 3. The molecule has 0 saturated carbocycles. The molecule has 0 aliphatic carbocycles. The van der Waals surface area contributed by atoms with Gasteiger partial charge in [0.25, 0.3) is 0 Å². The van der Waals surface area contributed by atoms with Gasteiger partial charge in [-0.2, -0.15) is 0 Å². The van der Waals surface area contributed by atoms with Gasteiger partial charge in [0.05, 0.1) is 31.2 Å². The summed E-state index contributed by atoms with van der Waals surface area (Å²) in [4.78, 5) is 10.9. The SMILES string of the molecule is COc1ccc(COc2cc(N3CCOCC3)cc3ncncc23)cc1. The van der Waals surface area contributed by atoms with Gasteiger partial charge in [-0.25, -0.2) is 9.97 Å². The van der Waals surface area contributed by atoms with Crippen molar-refractivity contribution in [1.29, 1.82) is 0 Å². The second kappa shape index (κ2) is 7.58. The lowest BCUT2D eigenvalue weighted by molar-refractivity contribution is 0.122. The van der Waals surface area contributed by atoms with Crippen LogP contribution in [0.25, 0.3) is 10.9 Å². The Morgan fingerprint density at radius 1 is 1.12 bits per heavy atom. The molecule has 4 rings (SSSR count). The molecule has 0 atom stereocenters. The summed E-state index contributed by atoms with van der Waals surface area (Å²) in [5.74, 6) is 1.63. The minimum atomic E-state index is 0.473. The maximum absolute atomic E-state index is 6.13. The number of morpholine rings is 1. The normalized spacial score (nSPS) is 14.4. The van der Waals surface area contributed by atoms with Gasteiger partial charge in [-0.15, -0.1) is 0 Å². The molecule has 6 nitrogen and oxygen atoms in total. The Kier molecular flexibility index (Phi) is 4.84. The van der Waals surface area contributed by atoms with Gasteiger partial charge in [0.15, 0.2) is 0 Å². The predicted molar refractivity (Wildman–Crippen MR) is 99.9 cm³/mol. The summed E-state index contributed by atoms with van der Waals surface area (Å²) in [6.45, 7) is 3.69. The summed E-state index contributed by atoms with van der Waals surface area (Å²) in [7, 11) is 1.66. The third kappa shape index (κ3) is 3.55. The smallest absolute Gasteiger partial charge is 0.132 e. The number of methoxy groups -OCH3 is 1. The van der Waals surface area contributed by atoms with E-state index in [0.29, 0.717) is 6.61 Å². The fourth-order valence-corrected chi connectivity index (χ4v) is 3.04. The van der Waals surface area contributed by atoms with Crippen LogP contribution in [0.15, 0.2) is 48.9 Å². The Labute approximate surface area is 152 Å². The molecule has 1 aliphatic rings. The molecular weight excluding hydrogens is 330 g/mol. The zero-order chi connectivity index (χ0) is 17.8. The van der Waals surface area contributed by atoms with E-state index in [2.05, 4.69) is 27.0 Å². The fourth-order valence-electron chi connectivity index (χ4n) is 3.04. The lowest BCUT2D eigenvalue weighted by atomic mass is 10.1. The Morgan fingerprint density at radius 2 is 1.92 bits per heavy atom. The van der Waals surface area contributed by atoms with Crippen molar-refractivity contribution in [2.45, 2.75) is 6.61 Å². The molecule has 0 N–H and O–H groups in total. The minimum Gasteiger partial charge on any atom is -0.497 e. The molecule has 26 heavy (non-hydrogen) atoms. The standard InChI is InChI=1S/C20H21N3O3/c1-24-17-4-2-15(3-5-17)13-26-20-11-16(23-6-8-25-9-7-23)10-19-18(20)12-21-14-22-19/h2-5,10-12,14H,6-9,13H2,1H3. The lowest BCUT2D eigenvalue weighted by Crippen LogP contribution is -2.36. The molecule has 1 fully saturated rings. The predicted octanol–water partition coefficient (Wildman–Crippen LogP) is 3.05. The molecule has 2 aromatic carbocycles. The number of anilines is 1. The van der Waals surface area contributed by atoms with Gasteiger partial charge in [-0.3, -0.25) is 0 Å². The van der Waals surface area contributed by atoms with Crippen LogP contribution in [-0.2, 0) is 11.3 Å². The highest BCUT2D eigenvalue weighted by Gasteiger charge is 2.15. The first-order valence-corrected chi connectivity index (χ1v) is 8.66. The lowest BCUT2D eigenvalue weighted by Gasteiger charge is -2.29. The summed E-state index contributed by atoms with van der Waals surface area (Å²) in [5, 5.41) is 0.915. The molecular formula is C20H21N3O3. The van der Waals surface area contributed by atoms with Crippen LogP contribution in [0.3, 0.4) is 0 Å². The summed E-state index contributed by atoms with van der Waals surface area (Å²) in [6, 6.07) is 12.0. The van der Waals surface area contributed by atoms with Gasteiger partial charge in [0, 0.05) is 31.0 Å². The van der Waals surface area contributed by atoms with Crippen molar-refractivity contribution in [2.75, 3.05) is 38.3 Å². The number of fused-ring (bicyclic) bond motifs is 1. The number of hydrogen-bond acceptors (Lipinski definition) is 6. The van der Waals surface area contributed by atoms with E-state index in [0.717, 1.165) is 60.0 Å². The van der Waals surface area contributed by atoms with E-state index >= 15 is 0 Å². The van der Waals surface area contributed by atoms with Gasteiger partial charge < -0.3 is 19.1 Å². The van der Waals surface area contributed by atoms with Crippen LogP contribution in [0.5, 0.6) is 11.5 Å². The zero-order valence-corrected chi connectivity index (χ0v) is 14.7. The van der Waals surface area contributed by atoms with Crippen LogP contribution >= 0.6 is 0 Å². The highest BCUT2D eigenvalue weighted by molar-refractivity contribution is 5.88. The first kappa shape index (κ1) is 16.6. The maximum Gasteiger partial charge on any atom is 0.132 e. The first-order chi connectivity index (χ1) is 12.8. The van der Waals surface area contributed by atoms with Gasteiger partial charge in [0.1, 0.15) is 24.4 Å². The molecule has 1 aromatic heterocycles. The number of benzene rings is 2. The highest BCUT2D eigenvalue weighted by Crippen LogP contribution is 2.31. The number of aromatic nitrogens is 2. The average molecular weight is 351 g/mol. The Morgan fingerprint density at radius 3 is 2.69 bits per heavy atom. The van der Waals surface area contributed by atoms with Gasteiger partial charge in [-0.1, -0.05) is 12.1 Å². The summed E-state index contributed by atoms with van der Waals surface area (Å²) in [6.07, 6.45) is 3.37. The van der Waals surface area contributed by atoms with E-state index in [1.165, 1.54) is 0 Å². The van der Waals surface area contributed by atoms with Crippen molar-refractivity contribution in [3.63, 3.8) is 0 Å². The quantitative estimate of drug-likeness (QED) is 0.704. The molecule has 0 radical (unpaired) electrons. The van der Waals surface area contributed by atoms with Gasteiger partial charge in [0.2, 0.25) is 0 Å². The molecule has 3 aromatic rings. The maximum atomic E-state index is 6.13. The van der Waals surface area contributed by atoms with Crippen LogP contribution in [-0.4, -0.2) is 43.4 Å². The molecule has 1 aliphatic heterocycles. The van der Waals surface area contributed by atoms with Crippen LogP contribution in [0.2, 0.25) is 0 Å². The van der Waals surface area contributed by atoms with Crippen LogP contribution in [0, 0.1) is 0 Å². The van der Waals surface area contributed by atoms with Gasteiger partial charge in [-0.05, 0) is 23.8 Å². The molecule has 0 amide bonds. The Balaban J connectivity index is 1.61. The monoisotopic (exact) mass is 351 g/mol. The van der Waals surface area contributed by atoms with E-state index in [1.54, 1.807) is 19.6 Å². The molecule has 134 valence electrons. The van der Waals surface area contributed by atoms with Gasteiger partial charge >= 0.3 is 0 Å².